The normalized spacial score (nSPS) is 10.6. The third kappa shape index (κ3) is 1.82. The first-order chi connectivity index (χ1) is 7.24. The molecule has 2 rings (SSSR count). The number of rotatable bonds is 2. The summed E-state index contributed by atoms with van der Waals surface area (Å²) in [5, 5.41) is 13.0. The van der Waals surface area contributed by atoms with E-state index in [0.717, 1.165) is 11.1 Å². The summed E-state index contributed by atoms with van der Waals surface area (Å²) in [6, 6.07) is 7.83. The smallest absolute Gasteiger partial charge is 0.173 e. The lowest BCUT2D eigenvalue weighted by atomic mass is 10.0. The highest BCUT2D eigenvalue weighted by Crippen LogP contribution is 2.31. The highest BCUT2D eigenvalue weighted by Gasteiger charge is 2.16. The van der Waals surface area contributed by atoms with Crippen LogP contribution in [0.5, 0.6) is 0 Å². The van der Waals surface area contributed by atoms with Gasteiger partial charge >= 0.3 is 0 Å². The fraction of sp³-hybridized carbons (Fsp3) is 0.182. The van der Waals surface area contributed by atoms with Crippen molar-refractivity contribution in [1.82, 2.24) is 5.16 Å². The number of nitrogens with zero attached hydrogens (tertiary/aromatic N) is 1. The van der Waals surface area contributed by atoms with E-state index in [1.165, 1.54) is 0 Å². The van der Waals surface area contributed by atoms with Gasteiger partial charge in [-0.1, -0.05) is 29.4 Å². The number of halogens is 1. The van der Waals surface area contributed by atoms with Crippen molar-refractivity contribution in [3.8, 4) is 11.3 Å². The van der Waals surface area contributed by atoms with Gasteiger partial charge in [-0.05, 0) is 28.4 Å². The van der Waals surface area contributed by atoms with Gasteiger partial charge in [-0.3, -0.25) is 0 Å². The number of aryl methyl sites for hydroxylation is 1. The van der Waals surface area contributed by atoms with Crippen molar-refractivity contribution in [3.05, 3.63) is 40.0 Å². The summed E-state index contributed by atoms with van der Waals surface area (Å²) in [5.41, 5.74) is 2.74. The second kappa shape index (κ2) is 4.16. The van der Waals surface area contributed by atoms with Crippen molar-refractivity contribution in [2.75, 3.05) is 0 Å². The molecule has 15 heavy (non-hydrogen) atoms. The van der Waals surface area contributed by atoms with Crippen LogP contribution in [0, 0.1) is 6.92 Å². The van der Waals surface area contributed by atoms with E-state index in [-0.39, 0.29) is 6.61 Å². The molecule has 78 valence electrons. The zero-order valence-corrected chi connectivity index (χ0v) is 9.78. The van der Waals surface area contributed by atoms with E-state index in [1.54, 1.807) is 0 Å². The Morgan fingerprint density at radius 2 is 2.13 bits per heavy atom. The highest BCUT2D eigenvalue weighted by molar-refractivity contribution is 9.10. The summed E-state index contributed by atoms with van der Waals surface area (Å²) in [6.45, 7) is 1.90. The van der Waals surface area contributed by atoms with Crippen LogP contribution in [0.2, 0.25) is 0 Å². The zero-order valence-electron chi connectivity index (χ0n) is 8.20. The van der Waals surface area contributed by atoms with Gasteiger partial charge in [0.1, 0.15) is 0 Å². The predicted molar refractivity (Wildman–Crippen MR) is 60.3 cm³/mol. The quantitative estimate of drug-likeness (QED) is 0.910. The summed E-state index contributed by atoms with van der Waals surface area (Å²) in [4.78, 5) is 0. The third-order valence-electron chi connectivity index (χ3n) is 2.29. The maximum absolute atomic E-state index is 9.21. The molecule has 0 unspecified atom stereocenters. The molecule has 0 atom stereocenters. The zero-order chi connectivity index (χ0) is 10.8. The van der Waals surface area contributed by atoms with E-state index in [0.29, 0.717) is 15.9 Å². The Hall–Kier alpha value is -1.13. The van der Waals surface area contributed by atoms with Crippen molar-refractivity contribution in [2.24, 2.45) is 0 Å². The molecular formula is C11H10BrNO2. The minimum Gasteiger partial charge on any atom is -0.391 e. The van der Waals surface area contributed by atoms with E-state index in [4.69, 9.17) is 4.52 Å². The maximum atomic E-state index is 9.21. The topological polar surface area (TPSA) is 46.3 Å². The monoisotopic (exact) mass is 267 g/mol. The molecule has 0 fully saturated rings. The molecule has 4 heteroatoms. The van der Waals surface area contributed by atoms with Gasteiger partial charge in [0.15, 0.2) is 10.4 Å². The molecule has 0 saturated heterocycles. The van der Waals surface area contributed by atoms with Crippen molar-refractivity contribution in [1.29, 1.82) is 0 Å². The molecule has 1 N–H and O–H groups in total. The van der Waals surface area contributed by atoms with Gasteiger partial charge in [0, 0.05) is 5.56 Å². The Morgan fingerprint density at radius 1 is 1.40 bits per heavy atom. The summed E-state index contributed by atoms with van der Waals surface area (Å²) in [7, 11) is 0. The largest absolute Gasteiger partial charge is 0.391 e. The van der Waals surface area contributed by atoms with Crippen LogP contribution in [0.25, 0.3) is 11.3 Å². The minimum absolute atomic E-state index is 0.0895. The van der Waals surface area contributed by atoms with Crippen molar-refractivity contribution < 1.29 is 9.63 Å². The third-order valence-corrected chi connectivity index (χ3v) is 2.91. The predicted octanol–water partition coefficient (Wildman–Crippen LogP) is 2.90. The Bertz CT molecular complexity index is 479. The van der Waals surface area contributed by atoms with E-state index >= 15 is 0 Å². The Labute approximate surface area is 95.8 Å². The van der Waals surface area contributed by atoms with Crippen molar-refractivity contribution in [2.45, 2.75) is 13.5 Å². The van der Waals surface area contributed by atoms with Crippen LogP contribution in [-0.4, -0.2) is 10.3 Å². The molecule has 1 heterocycles. The van der Waals surface area contributed by atoms with Crippen LogP contribution in [0.1, 0.15) is 11.1 Å². The number of benzene rings is 1. The first-order valence-corrected chi connectivity index (χ1v) is 5.34. The number of hydrogen-bond donors (Lipinski definition) is 1. The maximum Gasteiger partial charge on any atom is 0.173 e. The van der Waals surface area contributed by atoms with E-state index < -0.39 is 0 Å². The van der Waals surface area contributed by atoms with E-state index in [2.05, 4.69) is 21.1 Å². The molecule has 0 amide bonds. The molecule has 0 aliphatic heterocycles. The second-order valence-electron chi connectivity index (χ2n) is 3.25. The van der Waals surface area contributed by atoms with Crippen LogP contribution < -0.4 is 0 Å². The first-order valence-electron chi connectivity index (χ1n) is 4.55. The van der Waals surface area contributed by atoms with Crippen LogP contribution >= 0.6 is 15.9 Å². The van der Waals surface area contributed by atoms with Crippen LogP contribution in [0.3, 0.4) is 0 Å². The van der Waals surface area contributed by atoms with Crippen molar-refractivity contribution >= 4 is 15.9 Å². The molecule has 0 radical (unpaired) electrons. The van der Waals surface area contributed by atoms with Gasteiger partial charge in [-0.15, -0.1) is 0 Å². The van der Waals surface area contributed by atoms with Gasteiger partial charge in [-0.2, -0.15) is 0 Å². The summed E-state index contributed by atoms with van der Waals surface area (Å²) in [5.74, 6) is 0.627. The standard InChI is InChI=1S/C11H10BrNO2/c1-7-4-2-3-5-8(7)10-9(6-14)11(12)13-15-10/h2-5,14H,6H2,1H3. The summed E-state index contributed by atoms with van der Waals surface area (Å²) in [6.07, 6.45) is 0. The molecule has 1 aromatic carbocycles. The average molecular weight is 268 g/mol. The fourth-order valence-corrected chi connectivity index (χ4v) is 1.84. The Kier molecular flexibility index (Phi) is 2.88. The van der Waals surface area contributed by atoms with Gasteiger partial charge < -0.3 is 9.63 Å². The van der Waals surface area contributed by atoms with Gasteiger partial charge in [-0.25, -0.2) is 0 Å². The molecule has 1 aromatic heterocycles. The van der Waals surface area contributed by atoms with Crippen LogP contribution in [0.4, 0.5) is 0 Å². The Balaban J connectivity index is 2.59. The van der Waals surface area contributed by atoms with Gasteiger partial charge in [0.2, 0.25) is 0 Å². The lowest BCUT2D eigenvalue weighted by Gasteiger charge is -2.02. The molecule has 0 aliphatic rings. The van der Waals surface area contributed by atoms with E-state index in [1.807, 2.05) is 31.2 Å². The van der Waals surface area contributed by atoms with Crippen LogP contribution in [0.15, 0.2) is 33.4 Å². The lowest BCUT2D eigenvalue weighted by Crippen LogP contribution is -1.87. The molecule has 2 aromatic rings. The Morgan fingerprint density at radius 3 is 2.80 bits per heavy atom. The van der Waals surface area contributed by atoms with Crippen molar-refractivity contribution in [3.63, 3.8) is 0 Å². The lowest BCUT2D eigenvalue weighted by molar-refractivity contribution is 0.281. The molecule has 3 nitrogen and oxygen atoms in total. The number of hydrogen-bond acceptors (Lipinski definition) is 3. The number of aliphatic hydroxyl groups is 1. The van der Waals surface area contributed by atoms with E-state index in [9.17, 15) is 5.11 Å². The number of aromatic nitrogens is 1. The minimum atomic E-state index is -0.0895. The molecule has 0 bridgehead atoms. The first kappa shape index (κ1) is 10.4. The molecular weight excluding hydrogens is 258 g/mol. The second-order valence-corrected chi connectivity index (χ2v) is 4.01. The average Bonchev–Trinajstić information content (AvgIpc) is 2.60. The summed E-state index contributed by atoms with van der Waals surface area (Å²) < 4.78 is 5.75. The number of aliphatic hydroxyl groups excluding tert-OH is 1. The molecule has 0 aliphatic carbocycles. The summed E-state index contributed by atoms with van der Waals surface area (Å²) >= 11 is 3.23. The molecule has 0 saturated carbocycles. The molecule has 0 spiro atoms. The fourth-order valence-electron chi connectivity index (χ4n) is 1.47. The van der Waals surface area contributed by atoms with Crippen LogP contribution in [-0.2, 0) is 6.61 Å². The van der Waals surface area contributed by atoms with Gasteiger partial charge in [0.25, 0.3) is 0 Å². The van der Waals surface area contributed by atoms with Gasteiger partial charge in [0.05, 0.1) is 12.2 Å². The highest BCUT2D eigenvalue weighted by atomic mass is 79.9. The SMILES string of the molecule is Cc1ccccc1-c1onc(Br)c1CO.